The van der Waals surface area contributed by atoms with E-state index in [2.05, 4.69) is 32.9 Å². The topological polar surface area (TPSA) is 124 Å². The molecule has 0 aliphatic carbocycles. The normalized spacial score (nSPS) is 12.1. The van der Waals surface area contributed by atoms with Crippen LogP contribution in [0.1, 0.15) is 83.1 Å². The Bertz CT molecular complexity index is 1700. The summed E-state index contributed by atoms with van der Waals surface area (Å²) < 4.78 is 34.3. The van der Waals surface area contributed by atoms with E-state index in [0.717, 1.165) is 5.56 Å². The molecule has 0 spiro atoms. The molecule has 0 bridgehead atoms. The number of ether oxygens (including phenoxy) is 6. The molecule has 0 fully saturated rings. The van der Waals surface area contributed by atoms with Gasteiger partial charge in [0.25, 0.3) is 0 Å². The van der Waals surface area contributed by atoms with Gasteiger partial charge in [0.1, 0.15) is 37.1 Å². The highest BCUT2D eigenvalue weighted by molar-refractivity contribution is 6.06. The van der Waals surface area contributed by atoms with Gasteiger partial charge in [-0.1, -0.05) is 65.0 Å². The van der Waals surface area contributed by atoms with E-state index < -0.39 is 28.7 Å². The average Bonchev–Trinajstić information content (AvgIpc) is 3.18. The second-order valence-electron chi connectivity index (χ2n) is 14.3. The lowest BCUT2D eigenvalue weighted by Crippen LogP contribution is -2.35. The Labute approximate surface area is 332 Å². The molecule has 0 aromatic heterocycles. The summed E-state index contributed by atoms with van der Waals surface area (Å²) in [5.74, 6) is 0.00896. The van der Waals surface area contributed by atoms with E-state index in [4.69, 9.17) is 28.4 Å². The fraction of sp³-hybridized carbons (Fsp3) is 0.391. The van der Waals surface area contributed by atoms with Gasteiger partial charge in [-0.15, -0.1) is 0 Å². The molecule has 0 aliphatic rings. The SMILES string of the molecule is C=C(C)C(=C)OCC(CC)(CCOc1ccc(C(=O)/C=C/c2ccc(OCCC(CC)(COC(=O)C(=C)C)COC(=O)C(=C)C)cc2)cc1)COC(=O)C(=C)C. The number of carbonyl (C=O) groups is 4. The maximum absolute atomic E-state index is 13.0. The van der Waals surface area contributed by atoms with Crippen LogP contribution in [0.2, 0.25) is 0 Å². The zero-order valence-electron chi connectivity index (χ0n) is 34.0. The second kappa shape index (κ2) is 22.7. The van der Waals surface area contributed by atoms with Crippen molar-refractivity contribution in [2.24, 2.45) is 10.8 Å². The van der Waals surface area contributed by atoms with Crippen LogP contribution in [-0.2, 0) is 33.3 Å². The first-order chi connectivity index (χ1) is 26.4. The predicted octanol–water partition coefficient (Wildman–Crippen LogP) is 9.38. The molecule has 10 heteroatoms. The minimum absolute atomic E-state index is 0.0366. The first-order valence-electron chi connectivity index (χ1n) is 18.6. The van der Waals surface area contributed by atoms with E-state index in [9.17, 15) is 19.2 Å². The van der Waals surface area contributed by atoms with Gasteiger partial charge < -0.3 is 28.4 Å². The molecule has 0 radical (unpaired) electrons. The van der Waals surface area contributed by atoms with Crippen LogP contribution < -0.4 is 9.47 Å². The Hall–Kier alpha value is -5.64. The Morgan fingerprint density at radius 2 is 0.929 bits per heavy atom. The molecule has 56 heavy (non-hydrogen) atoms. The molecule has 0 N–H and O–H groups in total. The fourth-order valence-corrected chi connectivity index (χ4v) is 4.95. The zero-order chi connectivity index (χ0) is 41.9. The summed E-state index contributed by atoms with van der Waals surface area (Å²) in [4.78, 5) is 49.3. The van der Waals surface area contributed by atoms with Crippen LogP contribution in [0.15, 0.2) is 116 Å². The molecule has 2 aromatic rings. The lowest BCUT2D eigenvalue weighted by atomic mass is 9.83. The highest BCUT2D eigenvalue weighted by Crippen LogP contribution is 2.31. The maximum Gasteiger partial charge on any atom is 0.333 e. The van der Waals surface area contributed by atoms with Crippen molar-refractivity contribution in [3.63, 3.8) is 0 Å². The first kappa shape index (κ1) is 46.5. The highest BCUT2D eigenvalue weighted by Gasteiger charge is 2.33. The van der Waals surface area contributed by atoms with Crippen LogP contribution in [-0.4, -0.2) is 63.3 Å². The number of carbonyl (C=O) groups excluding carboxylic acids is 4. The van der Waals surface area contributed by atoms with E-state index in [-0.39, 0.29) is 50.0 Å². The molecule has 2 aromatic carbocycles. The molecule has 2 rings (SSSR count). The van der Waals surface area contributed by atoms with Gasteiger partial charge in [-0.05, 0) is 107 Å². The molecular weight excluding hydrogens is 712 g/mol. The van der Waals surface area contributed by atoms with Crippen molar-refractivity contribution in [2.45, 2.75) is 67.2 Å². The van der Waals surface area contributed by atoms with E-state index >= 15 is 0 Å². The highest BCUT2D eigenvalue weighted by atomic mass is 16.6. The molecule has 302 valence electrons. The minimum atomic E-state index is -0.663. The fourth-order valence-electron chi connectivity index (χ4n) is 4.95. The summed E-state index contributed by atoms with van der Waals surface area (Å²) >= 11 is 0. The van der Waals surface area contributed by atoms with Crippen LogP contribution in [0, 0.1) is 10.8 Å². The van der Waals surface area contributed by atoms with Gasteiger partial charge in [-0.3, -0.25) is 4.79 Å². The molecule has 0 saturated carbocycles. The summed E-state index contributed by atoms with van der Waals surface area (Å²) in [6, 6.07) is 14.2. The van der Waals surface area contributed by atoms with Crippen LogP contribution >= 0.6 is 0 Å². The molecule has 10 nitrogen and oxygen atoms in total. The lowest BCUT2D eigenvalue weighted by Gasteiger charge is -2.32. The maximum atomic E-state index is 13.0. The molecule has 0 aliphatic heterocycles. The van der Waals surface area contributed by atoms with Crippen molar-refractivity contribution in [3.8, 4) is 11.5 Å². The molecule has 0 amide bonds. The van der Waals surface area contributed by atoms with Gasteiger partial charge in [-0.2, -0.15) is 0 Å². The second-order valence-corrected chi connectivity index (χ2v) is 14.3. The third-order valence-corrected chi connectivity index (χ3v) is 9.35. The standard InChI is InChI=1S/C46H58O10/c1-12-45(28-53-36(11)32(3)4,29-54-42(48)33(5)6)24-26-52-40-21-17-38(18-22-40)41(47)23-16-37-14-19-39(20-15-37)51-27-25-46(13-2,30-55-43(49)34(7)8)31-56-44(50)35(9)10/h14-23H,3,5,7,9,11-13,24-31H2,1-2,4,6,8,10H3/b23-16+. The molecule has 0 saturated heterocycles. The number of ketones is 1. The van der Waals surface area contributed by atoms with Crippen molar-refractivity contribution in [1.29, 1.82) is 0 Å². The van der Waals surface area contributed by atoms with E-state index in [1.54, 1.807) is 63.2 Å². The van der Waals surface area contributed by atoms with Gasteiger partial charge in [-0.25, -0.2) is 14.4 Å². The van der Waals surface area contributed by atoms with Crippen molar-refractivity contribution < 1.29 is 47.6 Å². The molecule has 0 heterocycles. The zero-order valence-corrected chi connectivity index (χ0v) is 34.0. The van der Waals surface area contributed by atoms with Crippen molar-refractivity contribution >= 4 is 29.8 Å². The van der Waals surface area contributed by atoms with E-state index in [0.29, 0.717) is 66.3 Å². The van der Waals surface area contributed by atoms with E-state index in [1.807, 2.05) is 32.9 Å². The Morgan fingerprint density at radius 3 is 1.29 bits per heavy atom. The van der Waals surface area contributed by atoms with Crippen LogP contribution in [0.25, 0.3) is 6.08 Å². The minimum Gasteiger partial charge on any atom is -0.494 e. The first-order valence-corrected chi connectivity index (χ1v) is 18.6. The third kappa shape index (κ3) is 15.6. The van der Waals surface area contributed by atoms with Gasteiger partial charge in [0.2, 0.25) is 0 Å². The van der Waals surface area contributed by atoms with Gasteiger partial charge in [0.15, 0.2) is 5.78 Å². The van der Waals surface area contributed by atoms with Crippen LogP contribution in [0.3, 0.4) is 0 Å². The molecule has 1 unspecified atom stereocenters. The van der Waals surface area contributed by atoms with Gasteiger partial charge in [0.05, 0.1) is 19.8 Å². The van der Waals surface area contributed by atoms with Gasteiger partial charge >= 0.3 is 17.9 Å². The third-order valence-electron chi connectivity index (χ3n) is 9.35. The average molecular weight is 771 g/mol. The number of benzene rings is 2. The number of allylic oxidation sites excluding steroid dienone is 2. The number of esters is 3. The lowest BCUT2D eigenvalue weighted by molar-refractivity contribution is -0.150. The monoisotopic (exact) mass is 770 g/mol. The summed E-state index contributed by atoms with van der Waals surface area (Å²) in [7, 11) is 0. The van der Waals surface area contributed by atoms with Crippen molar-refractivity contribution in [2.75, 3.05) is 39.6 Å². The summed E-state index contributed by atoms with van der Waals surface area (Å²) in [6.45, 7) is 30.2. The van der Waals surface area contributed by atoms with Gasteiger partial charge in [0, 0.05) is 33.1 Å². The largest absolute Gasteiger partial charge is 0.494 e. The van der Waals surface area contributed by atoms with Crippen molar-refractivity contribution in [1.82, 2.24) is 0 Å². The Kier molecular flexibility index (Phi) is 18.8. The number of hydrogen-bond donors (Lipinski definition) is 0. The Balaban J connectivity index is 1.98. The Morgan fingerprint density at radius 1 is 0.554 bits per heavy atom. The van der Waals surface area contributed by atoms with Crippen LogP contribution in [0.5, 0.6) is 11.5 Å². The predicted molar refractivity (Wildman–Crippen MR) is 219 cm³/mol. The number of hydrogen-bond acceptors (Lipinski definition) is 10. The molecule has 1 atom stereocenters. The number of rotatable bonds is 26. The quantitative estimate of drug-likeness (QED) is 0.0228. The smallest absolute Gasteiger partial charge is 0.333 e. The molecular formula is C46H58O10. The summed E-state index contributed by atoms with van der Waals surface area (Å²) in [6.07, 6.45) is 5.43. The van der Waals surface area contributed by atoms with Crippen LogP contribution in [0.4, 0.5) is 0 Å². The van der Waals surface area contributed by atoms with Crippen molar-refractivity contribution in [3.05, 3.63) is 127 Å². The van der Waals surface area contributed by atoms with E-state index in [1.165, 1.54) is 6.08 Å². The summed E-state index contributed by atoms with van der Waals surface area (Å²) in [5, 5.41) is 0. The summed E-state index contributed by atoms with van der Waals surface area (Å²) in [5.41, 5.74) is 1.70.